The number of fused-ring (bicyclic) bond motifs is 2. The van der Waals surface area contributed by atoms with Gasteiger partial charge in [0.2, 0.25) is 5.56 Å². The molecule has 1 aliphatic rings. The van der Waals surface area contributed by atoms with Crippen molar-refractivity contribution in [2.45, 2.75) is 9.79 Å². The van der Waals surface area contributed by atoms with Crippen molar-refractivity contribution in [2.75, 3.05) is 5.01 Å². The predicted octanol–water partition coefficient (Wildman–Crippen LogP) is 3.32. The van der Waals surface area contributed by atoms with Gasteiger partial charge in [-0.1, -0.05) is 36.0 Å². The normalized spacial score (nSPS) is 12.2. The number of H-pyrrole nitrogens is 1. The number of anilines is 2. The molecule has 0 radical (unpaired) electrons. The fourth-order valence-corrected chi connectivity index (χ4v) is 3.60. The fraction of sp³-hybridized carbons (Fsp3) is 0. The Balaban J connectivity index is 1.73. The number of nitrogens with zero attached hydrogens (tertiary/aromatic N) is 1. The first kappa shape index (κ1) is 14.6. The molecule has 3 aromatic rings. The lowest BCUT2D eigenvalue weighted by molar-refractivity contribution is 0.0953. The minimum atomic E-state index is -0.289. The number of hydrogen-bond acceptors (Lipinski definition) is 4. The Labute approximate surface area is 142 Å². The van der Waals surface area contributed by atoms with E-state index in [4.69, 9.17) is 0 Å². The maximum Gasteiger partial charge on any atom is 0.271 e. The van der Waals surface area contributed by atoms with Crippen molar-refractivity contribution in [3.8, 4) is 0 Å². The van der Waals surface area contributed by atoms with Crippen LogP contribution >= 0.6 is 11.8 Å². The molecule has 118 valence electrons. The number of carbonyl (C=O) groups is 1. The summed E-state index contributed by atoms with van der Waals surface area (Å²) in [5.41, 5.74) is 4.91. The summed E-state index contributed by atoms with van der Waals surface area (Å²) in [4.78, 5) is 28.4. The highest BCUT2D eigenvalue weighted by atomic mass is 32.2. The van der Waals surface area contributed by atoms with E-state index >= 15 is 0 Å². The third-order valence-corrected chi connectivity index (χ3v) is 4.82. The molecule has 4 rings (SSSR count). The molecule has 5 nitrogen and oxygen atoms in total. The van der Waals surface area contributed by atoms with Crippen LogP contribution in [0.5, 0.6) is 0 Å². The van der Waals surface area contributed by atoms with Crippen molar-refractivity contribution in [3.05, 3.63) is 82.8 Å². The van der Waals surface area contributed by atoms with Crippen LogP contribution in [0.25, 0.3) is 0 Å². The number of para-hydroxylation sites is 2. The van der Waals surface area contributed by atoms with Gasteiger partial charge in [-0.15, -0.1) is 0 Å². The molecule has 1 aliphatic heterocycles. The Morgan fingerprint density at radius 2 is 1.54 bits per heavy atom. The third kappa shape index (κ3) is 2.57. The van der Waals surface area contributed by atoms with Crippen molar-refractivity contribution in [1.29, 1.82) is 0 Å². The Morgan fingerprint density at radius 3 is 2.12 bits per heavy atom. The molecule has 0 bridgehead atoms. The van der Waals surface area contributed by atoms with Gasteiger partial charge in [-0.05, 0) is 30.3 Å². The predicted molar refractivity (Wildman–Crippen MR) is 93.7 cm³/mol. The highest BCUT2D eigenvalue weighted by Gasteiger charge is 2.24. The SMILES string of the molecule is O=C(NN1c2ccccc2Sc2ccccc21)c1ccc(=O)[nH]c1. The molecule has 0 saturated carbocycles. The van der Waals surface area contributed by atoms with E-state index in [1.165, 1.54) is 18.3 Å². The standard InChI is InChI=1S/C18H13N3O2S/c22-17-10-9-12(11-19-17)18(23)20-21-13-5-1-3-7-15(13)24-16-8-4-2-6-14(16)21/h1-11H,(H,19,22)(H,20,23). The van der Waals surface area contributed by atoms with Gasteiger partial charge >= 0.3 is 0 Å². The molecule has 1 aromatic heterocycles. The van der Waals surface area contributed by atoms with Crippen molar-refractivity contribution < 1.29 is 4.79 Å². The first-order valence-electron chi connectivity index (χ1n) is 7.38. The van der Waals surface area contributed by atoms with Crippen molar-refractivity contribution in [3.63, 3.8) is 0 Å². The zero-order valence-electron chi connectivity index (χ0n) is 12.5. The maximum absolute atomic E-state index is 12.6. The van der Waals surface area contributed by atoms with Crippen molar-refractivity contribution in [2.24, 2.45) is 0 Å². The Morgan fingerprint density at radius 1 is 0.917 bits per heavy atom. The van der Waals surface area contributed by atoms with Crippen LogP contribution < -0.4 is 16.0 Å². The lowest BCUT2D eigenvalue weighted by atomic mass is 10.2. The average molecular weight is 335 g/mol. The van der Waals surface area contributed by atoms with Crippen LogP contribution in [0.4, 0.5) is 11.4 Å². The second kappa shape index (κ2) is 5.90. The summed E-state index contributed by atoms with van der Waals surface area (Å²) in [6.07, 6.45) is 1.41. The van der Waals surface area contributed by atoms with Gasteiger partial charge in [0.15, 0.2) is 0 Å². The molecule has 0 saturated heterocycles. The summed E-state index contributed by atoms with van der Waals surface area (Å²) in [6, 6.07) is 18.6. The van der Waals surface area contributed by atoms with Gasteiger partial charge in [0.25, 0.3) is 5.91 Å². The van der Waals surface area contributed by atoms with Crippen LogP contribution in [-0.2, 0) is 0 Å². The second-order valence-corrected chi connectivity index (χ2v) is 6.34. The maximum atomic E-state index is 12.6. The number of rotatable bonds is 2. The van der Waals surface area contributed by atoms with E-state index in [0.29, 0.717) is 5.56 Å². The zero-order valence-corrected chi connectivity index (χ0v) is 13.3. The minimum absolute atomic E-state index is 0.239. The highest BCUT2D eigenvalue weighted by molar-refractivity contribution is 7.99. The Kier molecular flexibility index (Phi) is 3.59. The molecule has 6 heteroatoms. The summed E-state index contributed by atoms with van der Waals surface area (Å²) in [6.45, 7) is 0. The van der Waals surface area contributed by atoms with Crippen LogP contribution in [-0.4, -0.2) is 10.9 Å². The van der Waals surface area contributed by atoms with Gasteiger partial charge in [-0.2, -0.15) is 0 Å². The molecular formula is C18H13N3O2S. The number of amides is 1. The van der Waals surface area contributed by atoms with E-state index in [1.807, 2.05) is 48.5 Å². The number of hydrazine groups is 1. The van der Waals surface area contributed by atoms with Gasteiger partial charge in [0.05, 0.1) is 16.9 Å². The summed E-state index contributed by atoms with van der Waals surface area (Å²) in [7, 11) is 0. The van der Waals surface area contributed by atoms with E-state index in [1.54, 1.807) is 16.8 Å². The smallest absolute Gasteiger partial charge is 0.271 e. The molecule has 0 unspecified atom stereocenters. The number of carbonyl (C=O) groups excluding carboxylic acids is 1. The van der Waals surface area contributed by atoms with E-state index in [2.05, 4.69) is 10.4 Å². The second-order valence-electron chi connectivity index (χ2n) is 5.26. The molecular weight excluding hydrogens is 322 g/mol. The number of nitrogens with one attached hydrogen (secondary N) is 2. The number of benzene rings is 2. The summed E-state index contributed by atoms with van der Waals surface area (Å²) >= 11 is 1.67. The number of hydrogen-bond donors (Lipinski definition) is 2. The fourth-order valence-electron chi connectivity index (χ4n) is 2.54. The van der Waals surface area contributed by atoms with Crippen molar-refractivity contribution in [1.82, 2.24) is 10.4 Å². The molecule has 0 atom stereocenters. The monoisotopic (exact) mass is 335 g/mol. The van der Waals surface area contributed by atoms with E-state index < -0.39 is 0 Å². The first-order chi connectivity index (χ1) is 11.7. The van der Waals surface area contributed by atoms with Crippen LogP contribution in [0.15, 0.2) is 81.4 Å². The molecule has 0 spiro atoms. The van der Waals surface area contributed by atoms with Gasteiger partial charge < -0.3 is 4.98 Å². The number of pyridine rings is 1. The van der Waals surface area contributed by atoms with Gasteiger partial charge in [0, 0.05) is 22.1 Å². The first-order valence-corrected chi connectivity index (χ1v) is 8.20. The molecule has 2 N–H and O–H groups in total. The van der Waals surface area contributed by atoms with Gasteiger partial charge in [0.1, 0.15) is 0 Å². The van der Waals surface area contributed by atoms with Gasteiger partial charge in [-0.25, -0.2) is 0 Å². The van der Waals surface area contributed by atoms with Crippen LogP contribution in [0, 0.1) is 0 Å². The molecule has 1 amide bonds. The largest absolute Gasteiger partial charge is 0.328 e. The molecule has 2 aromatic carbocycles. The zero-order chi connectivity index (χ0) is 16.5. The minimum Gasteiger partial charge on any atom is -0.328 e. The third-order valence-electron chi connectivity index (χ3n) is 3.69. The van der Waals surface area contributed by atoms with Gasteiger partial charge in [-0.3, -0.25) is 20.0 Å². The quantitative estimate of drug-likeness (QED) is 0.754. The van der Waals surface area contributed by atoms with Crippen molar-refractivity contribution >= 4 is 29.0 Å². The van der Waals surface area contributed by atoms with E-state index in [-0.39, 0.29) is 11.5 Å². The molecule has 0 aliphatic carbocycles. The number of aromatic nitrogens is 1. The summed E-state index contributed by atoms with van der Waals surface area (Å²) in [5, 5.41) is 1.79. The van der Waals surface area contributed by atoms with Crippen LogP contribution in [0.3, 0.4) is 0 Å². The van der Waals surface area contributed by atoms with E-state index in [0.717, 1.165) is 21.2 Å². The topological polar surface area (TPSA) is 65.2 Å². The average Bonchev–Trinajstić information content (AvgIpc) is 2.62. The Bertz CT molecular complexity index is 918. The lowest BCUT2D eigenvalue weighted by Gasteiger charge is -2.32. The molecule has 0 fully saturated rings. The van der Waals surface area contributed by atoms with Crippen LogP contribution in [0.1, 0.15) is 10.4 Å². The van der Waals surface area contributed by atoms with Crippen LogP contribution in [0.2, 0.25) is 0 Å². The summed E-state index contributed by atoms with van der Waals surface area (Å²) in [5.74, 6) is -0.289. The number of aromatic amines is 1. The lowest BCUT2D eigenvalue weighted by Crippen LogP contribution is -2.40. The Hall–Kier alpha value is -2.99. The highest BCUT2D eigenvalue weighted by Crippen LogP contribution is 2.46. The van der Waals surface area contributed by atoms with E-state index in [9.17, 15) is 9.59 Å². The summed E-state index contributed by atoms with van der Waals surface area (Å²) < 4.78 is 0. The molecule has 24 heavy (non-hydrogen) atoms. The molecule has 2 heterocycles.